The van der Waals surface area contributed by atoms with Crippen molar-refractivity contribution < 1.29 is 38.2 Å². The van der Waals surface area contributed by atoms with Crippen LogP contribution in [0.15, 0.2) is 36.4 Å². The van der Waals surface area contributed by atoms with Crippen molar-refractivity contribution in [3.05, 3.63) is 47.9 Å². The molecular formula is C40H56N6O8. The van der Waals surface area contributed by atoms with Crippen LogP contribution < -0.4 is 10.6 Å². The van der Waals surface area contributed by atoms with Gasteiger partial charge in [-0.1, -0.05) is 38.5 Å². The average Bonchev–Trinajstić information content (AvgIpc) is 3.61. The van der Waals surface area contributed by atoms with E-state index in [1.165, 1.54) is 17.1 Å². The monoisotopic (exact) mass is 748 g/mol. The molecule has 4 amide bonds. The number of imidazole rings is 1. The Morgan fingerprint density at radius 1 is 0.944 bits per heavy atom. The molecule has 4 rings (SSSR count). The molecule has 1 aliphatic heterocycles. The maximum atomic E-state index is 13.8. The number of para-hydroxylation sites is 1. The highest BCUT2D eigenvalue weighted by Gasteiger charge is 2.30. The van der Waals surface area contributed by atoms with E-state index in [1.54, 1.807) is 20.8 Å². The Balaban J connectivity index is 1.45. The Morgan fingerprint density at radius 3 is 2.31 bits per heavy atom. The molecule has 0 fully saturated rings. The predicted octanol–water partition coefficient (Wildman–Crippen LogP) is 5.18. The number of aromatic nitrogens is 3. The standard InChI is InChI=1S/C40H56N6O8/c1-9-52-24-31-43-36-29(23-30(47)35(26(2)3)44-38(51)54-39(4,5)6)42-28-16-13-12-15-27(28)37(36)46(31)25-40(7,8)53-22-20-41-32(48)17-11-10-14-21-45-33(49)18-19-34(45)50/h12-13,15-16,18-19,26,35H,9-11,14,17,20-25H2,1-8H3,(H,41,48)(H,44,51)/t35-/m0/s1. The first kappa shape index (κ1) is 42.1. The summed E-state index contributed by atoms with van der Waals surface area (Å²) in [6.07, 6.45) is 4.18. The molecule has 1 aromatic carbocycles. The second kappa shape index (κ2) is 18.6. The fourth-order valence-electron chi connectivity index (χ4n) is 6.29. The quantitative estimate of drug-likeness (QED) is 0.116. The number of ketones is 1. The summed E-state index contributed by atoms with van der Waals surface area (Å²) in [5.41, 5.74) is 1.18. The molecular weight excluding hydrogens is 692 g/mol. The van der Waals surface area contributed by atoms with Gasteiger partial charge < -0.3 is 29.4 Å². The second-order valence-electron chi connectivity index (χ2n) is 15.5. The summed E-state index contributed by atoms with van der Waals surface area (Å²) < 4.78 is 19.7. The Labute approximate surface area is 317 Å². The highest BCUT2D eigenvalue weighted by atomic mass is 16.6. The first-order valence-corrected chi connectivity index (χ1v) is 18.8. The van der Waals surface area contributed by atoms with Crippen LogP contribution in [-0.2, 0) is 53.0 Å². The number of nitrogens with one attached hydrogen (secondary N) is 2. The number of fused-ring (bicyclic) bond motifs is 3. The molecule has 0 saturated heterocycles. The normalized spacial score (nSPS) is 14.1. The lowest BCUT2D eigenvalue weighted by molar-refractivity contribution is -0.137. The molecule has 0 aliphatic carbocycles. The lowest BCUT2D eigenvalue weighted by Gasteiger charge is -2.27. The highest BCUT2D eigenvalue weighted by Crippen LogP contribution is 2.30. The predicted molar refractivity (Wildman–Crippen MR) is 204 cm³/mol. The molecule has 0 radical (unpaired) electrons. The molecule has 14 heteroatoms. The number of benzene rings is 1. The van der Waals surface area contributed by atoms with Crippen molar-refractivity contribution in [1.29, 1.82) is 0 Å². The van der Waals surface area contributed by atoms with Gasteiger partial charge in [-0.3, -0.25) is 24.1 Å². The number of unbranched alkanes of at least 4 members (excludes halogenated alkanes) is 2. The van der Waals surface area contributed by atoms with Crippen molar-refractivity contribution in [2.45, 2.75) is 118 Å². The van der Waals surface area contributed by atoms with Crippen molar-refractivity contribution in [3.63, 3.8) is 0 Å². The van der Waals surface area contributed by atoms with Crippen LogP contribution in [0.5, 0.6) is 0 Å². The van der Waals surface area contributed by atoms with Gasteiger partial charge in [-0.05, 0) is 66.4 Å². The van der Waals surface area contributed by atoms with Gasteiger partial charge >= 0.3 is 6.09 Å². The SMILES string of the molecule is CCOCc1nc2c(CC(=O)[C@@H](NC(=O)OC(C)(C)C)C(C)C)nc3ccccc3c2n1CC(C)(C)OCCNC(=O)CCCCCN1C(=O)C=CC1=O. The van der Waals surface area contributed by atoms with Gasteiger partial charge in [-0.25, -0.2) is 14.8 Å². The van der Waals surface area contributed by atoms with Crippen molar-refractivity contribution >= 4 is 51.5 Å². The van der Waals surface area contributed by atoms with E-state index >= 15 is 0 Å². The van der Waals surface area contributed by atoms with Crippen LogP contribution >= 0.6 is 0 Å². The number of carbonyl (C=O) groups is 5. The highest BCUT2D eigenvalue weighted by molar-refractivity contribution is 6.12. The van der Waals surface area contributed by atoms with Gasteiger partial charge in [-0.2, -0.15) is 0 Å². The van der Waals surface area contributed by atoms with Crippen LogP contribution in [0.4, 0.5) is 4.79 Å². The van der Waals surface area contributed by atoms with E-state index < -0.39 is 23.3 Å². The molecule has 14 nitrogen and oxygen atoms in total. The van der Waals surface area contributed by atoms with E-state index in [9.17, 15) is 24.0 Å². The van der Waals surface area contributed by atoms with E-state index in [0.717, 1.165) is 17.3 Å². The molecule has 3 heterocycles. The smallest absolute Gasteiger partial charge is 0.408 e. The number of hydrogen-bond donors (Lipinski definition) is 2. The van der Waals surface area contributed by atoms with Gasteiger partial charge in [0.15, 0.2) is 5.78 Å². The maximum absolute atomic E-state index is 13.8. The number of hydrogen-bond acceptors (Lipinski definition) is 10. The number of imide groups is 1. The van der Waals surface area contributed by atoms with Crippen LogP contribution in [0.3, 0.4) is 0 Å². The number of Topliss-reactive ketones (excluding diaryl/α,β-unsaturated/α-hetero) is 1. The van der Waals surface area contributed by atoms with Gasteiger partial charge in [0, 0.05) is 43.7 Å². The van der Waals surface area contributed by atoms with Crippen LogP contribution in [0.25, 0.3) is 21.9 Å². The van der Waals surface area contributed by atoms with Crippen molar-refractivity contribution in [1.82, 2.24) is 30.1 Å². The summed E-state index contributed by atoms with van der Waals surface area (Å²) in [5.74, 6) is -0.419. The lowest BCUT2D eigenvalue weighted by atomic mass is 9.96. The Bertz CT molecular complexity index is 1840. The molecule has 0 bridgehead atoms. The van der Waals surface area contributed by atoms with E-state index in [2.05, 4.69) is 15.2 Å². The zero-order valence-electron chi connectivity index (χ0n) is 33.0. The maximum Gasteiger partial charge on any atom is 0.408 e. The van der Waals surface area contributed by atoms with Crippen molar-refractivity contribution in [3.8, 4) is 0 Å². The zero-order valence-corrected chi connectivity index (χ0v) is 33.0. The van der Waals surface area contributed by atoms with Crippen LogP contribution in [-0.4, -0.2) is 92.6 Å². The summed E-state index contributed by atoms with van der Waals surface area (Å²) in [5, 5.41) is 6.54. The van der Waals surface area contributed by atoms with Gasteiger partial charge in [0.2, 0.25) is 5.91 Å². The minimum Gasteiger partial charge on any atom is -0.444 e. The Kier molecular flexibility index (Phi) is 14.5. The van der Waals surface area contributed by atoms with Crippen molar-refractivity contribution in [2.24, 2.45) is 5.92 Å². The summed E-state index contributed by atoms with van der Waals surface area (Å²) in [7, 11) is 0. The number of rotatable bonds is 20. The van der Waals surface area contributed by atoms with Gasteiger partial charge in [0.1, 0.15) is 23.5 Å². The van der Waals surface area contributed by atoms with E-state index in [-0.39, 0.29) is 49.1 Å². The van der Waals surface area contributed by atoms with Gasteiger partial charge in [0.25, 0.3) is 11.8 Å². The molecule has 1 atom stereocenters. The molecule has 0 spiro atoms. The van der Waals surface area contributed by atoms with E-state index in [0.29, 0.717) is 68.1 Å². The van der Waals surface area contributed by atoms with Crippen LogP contribution in [0.1, 0.15) is 92.6 Å². The minimum absolute atomic E-state index is 0.0556. The molecule has 0 unspecified atom stereocenters. The molecule has 2 N–H and O–H groups in total. The number of alkyl carbamates (subject to hydrolysis) is 1. The first-order chi connectivity index (χ1) is 25.5. The molecule has 2 aromatic heterocycles. The third-order valence-electron chi connectivity index (χ3n) is 8.84. The Hall–Kier alpha value is -4.69. The lowest BCUT2D eigenvalue weighted by Crippen LogP contribution is -2.47. The molecule has 3 aromatic rings. The van der Waals surface area contributed by atoms with Crippen LogP contribution in [0, 0.1) is 5.92 Å². The van der Waals surface area contributed by atoms with Crippen molar-refractivity contribution in [2.75, 3.05) is 26.3 Å². The van der Waals surface area contributed by atoms with Crippen LogP contribution in [0.2, 0.25) is 0 Å². The fraction of sp³-hybridized carbons (Fsp3) is 0.575. The van der Waals surface area contributed by atoms with Gasteiger partial charge in [0.05, 0.1) is 47.9 Å². The minimum atomic E-state index is -0.794. The molecule has 294 valence electrons. The largest absolute Gasteiger partial charge is 0.444 e. The number of nitrogens with zero attached hydrogens (tertiary/aromatic N) is 4. The number of amides is 4. The number of pyridine rings is 1. The molecule has 54 heavy (non-hydrogen) atoms. The summed E-state index contributed by atoms with van der Waals surface area (Å²) >= 11 is 0. The van der Waals surface area contributed by atoms with E-state index in [4.69, 9.17) is 24.2 Å². The molecule has 0 saturated carbocycles. The topological polar surface area (TPSA) is 171 Å². The third kappa shape index (κ3) is 11.7. The number of carbonyl (C=O) groups excluding carboxylic acids is 5. The summed E-state index contributed by atoms with van der Waals surface area (Å²) in [6, 6.07) is 6.92. The Morgan fingerprint density at radius 2 is 1.65 bits per heavy atom. The second-order valence-corrected chi connectivity index (χ2v) is 15.5. The average molecular weight is 749 g/mol. The van der Waals surface area contributed by atoms with Gasteiger partial charge in [-0.15, -0.1) is 0 Å². The zero-order chi connectivity index (χ0) is 39.6. The first-order valence-electron chi connectivity index (χ1n) is 18.8. The summed E-state index contributed by atoms with van der Waals surface area (Å²) in [6.45, 7) is 17.0. The van der Waals surface area contributed by atoms with E-state index in [1.807, 2.05) is 58.9 Å². The summed E-state index contributed by atoms with van der Waals surface area (Å²) in [4.78, 5) is 73.5. The fourth-order valence-corrected chi connectivity index (χ4v) is 6.29. The number of ether oxygens (including phenoxy) is 3. The third-order valence-corrected chi connectivity index (χ3v) is 8.84. The molecule has 1 aliphatic rings.